The van der Waals surface area contributed by atoms with E-state index in [9.17, 15) is 19.8 Å². The molecule has 6 heteroatoms. The first kappa shape index (κ1) is 15.3. The number of nitrogens with zero attached hydrogens (tertiary/aromatic N) is 1. The number of carbonyl (C=O) groups is 2. The van der Waals surface area contributed by atoms with Gasteiger partial charge in [-0.3, -0.25) is 9.59 Å². The van der Waals surface area contributed by atoms with Gasteiger partial charge in [0, 0.05) is 13.1 Å². The van der Waals surface area contributed by atoms with Gasteiger partial charge in [0.15, 0.2) is 0 Å². The molecule has 2 rings (SSSR count). The summed E-state index contributed by atoms with van der Waals surface area (Å²) in [5.41, 5.74) is 5.91. The molecule has 0 aromatic heterocycles. The van der Waals surface area contributed by atoms with Crippen LogP contribution in [0.3, 0.4) is 0 Å². The summed E-state index contributed by atoms with van der Waals surface area (Å²) in [7, 11) is 0. The number of hydrogen-bond donors (Lipinski definition) is 3. The SMILES string of the molecule is CC1(C(=O)O)CCN(C(=O)[C@H](N)Cc2ccc(O)cc2)C1. The van der Waals surface area contributed by atoms with Crippen LogP contribution >= 0.6 is 0 Å². The molecule has 1 aliphatic rings. The van der Waals surface area contributed by atoms with E-state index in [-0.39, 0.29) is 18.2 Å². The van der Waals surface area contributed by atoms with Gasteiger partial charge in [0.05, 0.1) is 11.5 Å². The van der Waals surface area contributed by atoms with Crippen LogP contribution in [0.25, 0.3) is 0 Å². The van der Waals surface area contributed by atoms with E-state index in [2.05, 4.69) is 0 Å². The number of carboxylic acids is 1. The monoisotopic (exact) mass is 292 g/mol. The summed E-state index contributed by atoms with van der Waals surface area (Å²) < 4.78 is 0. The fourth-order valence-electron chi connectivity index (χ4n) is 2.53. The molecular formula is C15H20N2O4. The van der Waals surface area contributed by atoms with Gasteiger partial charge in [-0.2, -0.15) is 0 Å². The third-order valence-corrected chi connectivity index (χ3v) is 4.01. The lowest BCUT2D eigenvalue weighted by Crippen LogP contribution is -2.45. The number of hydrogen-bond acceptors (Lipinski definition) is 4. The van der Waals surface area contributed by atoms with Gasteiger partial charge in [0.25, 0.3) is 0 Å². The van der Waals surface area contributed by atoms with Crippen LogP contribution in [0.5, 0.6) is 5.75 Å². The second-order valence-electron chi connectivity index (χ2n) is 5.85. The molecule has 0 bridgehead atoms. The smallest absolute Gasteiger partial charge is 0.311 e. The van der Waals surface area contributed by atoms with Gasteiger partial charge in [0.2, 0.25) is 5.91 Å². The zero-order chi connectivity index (χ0) is 15.6. The van der Waals surface area contributed by atoms with Crippen molar-refractivity contribution >= 4 is 11.9 Å². The minimum absolute atomic E-state index is 0.162. The molecule has 0 radical (unpaired) electrons. The van der Waals surface area contributed by atoms with Crippen LogP contribution in [0.1, 0.15) is 18.9 Å². The van der Waals surface area contributed by atoms with Crippen molar-refractivity contribution in [2.24, 2.45) is 11.1 Å². The largest absolute Gasteiger partial charge is 0.508 e. The molecule has 1 aliphatic heterocycles. The summed E-state index contributed by atoms with van der Waals surface area (Å²) in [4.78, 5) is 25.0. The first-order chi connectivity index (χ1) is 9.82. The molecule has 1 heterocycles. The first-order valence-corrected chi connectivity index (χ1v) is 6.87. The summed E-state index contributed by atoms with van der Waals surface area (Å²) in [5, 5.41) is 18.4. The van der Waals surface area contributed by atoms with Crippen LogP contribution in [-0.2, 0) is 16.0 Å². The Balaban J connectivity index is 1.97. The van der Waals surface area contributed by atoms with Crippen molar-refractivity contribution in [3.8, 4) is 5.75 Å². The highest BCUT2D eigenvalue weighted by Gasteiger charge is 2.42. The highest BCUT2D eigenvalue weighted by molar-refractivity contribution is 5.84. The standard InChI is InChI=1S/C15H20N2O4/c1-15(14(20)21)6-7-17(9-15)13(19)12(16)8-10-2-4-11(18)5-3-10/h2-5,12,18H,6-9,16H2,1H3,(H,20,21)/t12-,15?/m1/s1. The van der Waals surface area contributed by atoms with Gasteiger partial charge in [0.1, 0.15) is 5.75 Å². The maximum Gasteiger partial charge on any atom is 0.311 e. The van der Waals surface area contributed by atoms with Gasteiger partial charge in [-0.05, 0) is 37.5 Å². The zero-order valence-electron chi connectivity index (χ0n) is 12.0. The molecular weight excluding hydrogens is 272 g/mol. The van der Waals surface area contributed by atoms with E-state index < -0.39 is 17.4 Å². The lowest BCUT2D eigenvalue weighted by atomic mass is 9.90. The topological polar surface area (TPSA) is 104 Å². The van der Waals surface area contributed by atoms with E-state index in [1.807, 2.05) is 0 Å². The minimum atomic E-state index is -0.884. The number of phenolic OH excluding ortho intramolecular Hbond substituents is 1. The number of carbonyl (C=O) groups excluding carboxylic acids is 1. The second-order valence-corrected chi connectivity index (χ2v) is 5.85. The average molecular weight is 292 g/mol. The average Bonchev–Trinajstić information content (AvgIpc) is 2.84. The Bertz CT molecular complexity index is 543. The number of rotatable bonds is 4. The zero-order valence-corrected chi connectivity index (χ0v) is 12.0. The molecule has 1 fully saturated rings. The fraction of sp³-hybridized carbons (Fsp3) is 0.467. The summed E-state index contributed by atoms with van der Waals surface area (Å²) in [6, 6.07) is 5.82. The first-order valence-electron chi connectivity index (χ1n) is 6.87. The second kappa shape index (κ2) is 5.73. The quantitative estimate of drug-likeness (QED) is 0.753. The summed E-state index contributed by atoms with van der Waals surface area (Å²) in [5.74, 6) is -0.951. The summed E-state index contributed by atoms with van der Waals surface area (Å²) in [6.45, 7) is 2.27. The van der Waals surface area contributed by atoms with Crippen LogP contribution in [0, 0.1) is 5.41 Å². The predicted octanol–water partition coefficient (Wildman–Crippen LogP) is 0.585. The molecule has 1 unspecified atom stereocenters. The van der Waals surface area contributed by atoms with Gasteiger partial charge in [-0.1, -0.05) is 12.1 Å². The Labute approximate surface area is 123 Å². The summed E-state index contributed by atoms with van der Waals surface area (Å²) in [6.07, 6.45) is 0.805. The minimum Gasteiger partial charge on any atom is -0.508 e. The van der Waals surface area contributed by atoms with E-state index >= 15 is 0 Å². The maximum absolute atomic E-state index is 12.3. The molecule has 21 heavy (non-hydrogen) atoms. The fourth-order valence-corrected chi connectivity index (χ4v) is 2.53. The van der Waals surface area contributed by atoms with Gasteiger partial charge < -0.3 is 20.8 Å². The van der Waals surface area contributed by atoms with Crippen molar-refractivity contribution in [1.82, 2.24) is 4.90 Å². The van der Waals surface area contributed by atoms with Crippen molar-refractivity contribution in [3.63, 3.8) is 0 Å². The Kier molecular flexibility index (Phi) is 4.18. The van der Waals surface area contributed by atoms with Crippen molar-refractivity contribution in [1.29, 1.82) is 0 Å². The maximum atomic E-state index is 12.3. The molecule has 2 atom stereocenters. The molecule has 114 valence electrons. The summed E-state index contributed by atoms with van der Waals surface area (Å²) >= 11 is 0. The Morgan fingerprint density at radius 2 is 2.00 bits per heavy atom. The molecule has 1 amide bonds. The van der Waals surface area contributed by atoms with Crippen LogP contribution in [0.4, 0.5) is 0 Å². The van der Waals surface area contributed by atoms with Crippen LogP contribution in [-0.4, -0.2) is 46.1 Å². The molecule has 6 nitrogen and oxygen atoms in total. The lowest BCUT2D eigenvalue weighted by molar-refractivity contribution is -0.147. The number of nitrogens with two attached hydrogens (primary N) is 1. The molecule has 1 aromatic carbocycles. The van der Waals surface area contributed by atoms with Gasteiger partial charge in [-0.15, -0.1) is 0 Å². The highest BCUT2D eigenvalue weighted by Crippen LogP contribution is 2.30. The molecule has 0 aliphatic carbocycles. The lowest BCUT2D eigenvalue weighted by Gasteiger charge is -2.23. The Morgan fingerprint density at radius 1 is 1.38 bits per heavy atom. The van der Waals surface area contributed by atoms with Crippen molar-refractivity contribution in [2.75, 3.05) is 13.1 Å². The number of aromatic hydroxyl groups is 1. The number of likely N-dealkylation sites (tertiary alicyclic amines) is 1. The van der Waals surface area contributed by atoms with Crippen molar-refractivity contribution in [3.05, 3.63) is 29.8 Å². The Morgan fingerprint density at radius 3 is 2.52 bits per heavy atom. The van der Waals surface area contributed by atoms with Crippen LogP contribution in [0.15, 0.2) is 24.3 Å². The third kappa shape index (κ3) is 3.33. The molecule has 0 spiro atoms. The molecule has 1 aromatic rings. The molecule has 0 saturated carbocycles. The van der Waals surface area contributed by atoms with E-state index in [0.717, 1.165) is 5.56 Å². The number of amides is 1. The predicted molar refractivity (Wildman–Crippen MR) is 76.7 cm³/mol. The van der Waals surface area contributed by atoms with Crippen LogP contribution in [0.2, 0.25) is 0 Å². The van der Waals surface area contributed by atoms with E-state index in [0.29, 0.717) is 19.4 Å². The number of aliphatic carboxylic acids is 1. The number of phenols is 1. The highest BCUT2D eigenvalue weighted by atomic mass is 16.4. The van der Waals surface area contributed by atoms with Crippen molar-refractivity contribution < 1.29 is 19.8 Å². The van der Waals surface area contributed by atoms with E-state index in [4.69, 9.17) is 5.73 Å². The van der Waals surface area contributed by atoms with Gasteiger partial charge in [-0.25, -0.2) is 0 Å². The molecule has 1 saturated heterocycles. The van der Waals surface area contributed by atoms with Crippen LogP contribution < -0.4 is 5.73 Å². The molecule has 4 N–H and O–H groups in total. The number of carboxylic acid groups (broad SMARTS) is 1. The Hall–Kier alpha value is -2.08. The van der Waals surface area contributed by atoms with Crippen molar-refractivity contribution in [2.45, 2.75) is 25.8 Å². The van der Waals surface area contributed by atoms with E-state index in [1.165, 1.54) is 4.90 Å². The van der Waals surface area contributed by atoms with E-state index in [1.54, 1.807) is 31.2 Å². The number of benzene rings is 1. The van der Waals surface area contributed by atoms with Gasteiger partial charge >= 0.3 is 5.97 Å². The normalized spacial score (nSPS) is 23.0. The third-order valence-electron chi connectivity index (χ3n) is 4.01.